The lowest BCUT2D eigenvalue weighted by Crippen LogP contribution is -1.98. The predicted octanol–water partition coefficient (Wildman–Crippen LogP) is 2.18. The summed E-state index contributed by atoms with van der Waals surface area (Å²) in [6.07, 6.45) is 0.997. The first-order valence-corrected chi connectivity index (χ1v) is 5.21. The number of fused-ring (bicyclic) bond motifs is 1. The molecular formula is C11H16N4. The van der Waals surface area contributed by atoms with Crippen molar-refractivity contribution in [3.05, 3.63) is 17.0 Å². The summed E-state index contributed by atoms with van der Waals surface area (Å²) in [5.41, 5.74) is 4.47. The number of nitrogens with zero attached hydrogens (tertiary/aromatic N) is 2. The summed E-state index contributed by atoms with van der Waals surface area (Å²) < 4.78 is 0. The molecule has 0 unspecified atom stereocenters. The van der Waals surface area contributed by atoms with Crippen molar-refractivity contribution in [2.45, 2.75) is 27.2 Å². The van der Waals surface area contributed by atoms with Crippen LogP contribution >= 0.6 is 0 Å². The number of rotatable bonds is 2. The number of nitrogens with one attached hydrogen (secondary N) is 2. The number of aromatic amines is 1. The largest absolute Gasteiger partial charge is 0.357 e. The van der Waals surface area contributed by atoms with Gasteiger partial charge in [0.05, 0.1) is 5.69 Å². The molecule has 80 valence electrons. The maximum atomic E-state index is 4.41. The minimum Gasteiger partial charge on any atom is -0.357 e. The molecule has 4 nitrogen and oxygen atoms in total. The lowest BCUT2D eigenvalue weighted by molar-refractivity contribution is 1.05. The van der Waals surface area contributed by atoms with E-state index in [1.807, 2.05) is 14.0 Å². The SMILES string of the molecule is CCc1[nH]c2nc(NC)nc(C)c2c1C. The van der Waals surface area contributed by atoms with E-state index < -0.39 is 0 Å². The summed E-state index contributed by atoms with van der Waals surface area (Å²) >= 11 is 0. The highest BCUT2D eigenvalue weighted by Gasteiger charge is 2.11. The van der Waals surface area contributed by atoms with Gasteiger partial charge in [-0.3, -0.25) is 0 Å². The fraction of sp³-hybridized carbons (Fsp3) is 0.455. The Kier molecular flexibility index (Phi) is 2.34. The Morgan fingerprint density at radius 3 is 2.60 bits per heavy atom. The zero-order chi connectivity index (χ0) is 11.0. The highest BCUT2D eigenvalue weighted by molar-refractivity contribution is 5.84. The van der Waals surface area contributed by atoms with Gasteiger partial charge in [-0.05, 0) is 25.8 Å². The molecule has 2 aromatic heterocycles. The van der Waals surface area contributed by atoms with Gasteiger partial charge in [0.2, 0.25) is 5.95 Å². The van der Waals surface area contributed by atoms with Gasteiger partial charge >= 0.3 is 0 Å². The van der Waals surface area contributed by atoms with Gasteiger partial charge in [0.1, 0.15) is 5.65 Å². The summed E-state index contributed by atoms with van der Waals surface area (Å²) in [5, 5.41) is 4.12. The number of H-pyrrole nitrogens is 1. The number of aryl methyl sites for hydroxylation is 3. The molecule has 2 rings (SSSR count). The van der Waals surface area contributed by atoms with Crippen molar-refractivity contribution >= 4 is 17.0 Å². The Labute approximate surface area is 89.1 Å². The van der Waals surface area contributed by atoms with Gasteiger partial charge < -0.3 is 10.3 Å². The van der Waals surface area contributed by atoms with E-state index in [4.69, 9.17) is 0 Å². The van der Waals surface area contributed by atoms with E-state index in [9.17, 15) is 0 Å². The van der Waals surface area contributed by atoms with Crippen LogP contribution < -0.4 is 5.32 Å². The van der Waals surface area contributed by atoms with Crippen LogP contribution in [0.1, 0.15) is 23.9 Å². The summed E-state index contributed by atoms with van der Waals surface area (Å²) in [7, 11) is 1.83. The molecule has 0 radical (unpaired) electrons. The molecule has 2 heterocycles. The predicted molar refractivity (Wildman–Crippen MR) is 62.3 cm³/mol. The van der Waals surface area contributed by atoms with Gasteiger partial charge in [0.25, 0.3) is 0 Å². The van der Waals surface area contributed by atoms with Crippen molar-refractivity contribution in [3.63, 3.8) is 0 Å². The molecule has 0 aliphatic heterocycles. The van der Waals surface area contributed by atoms with E-state index >= 15 is 0 Å². The number of aromatic nitrogens is 3. The van der Waals surface area contributed by atoms with Crippen LogP contribution in [-0.2, 0) is 6.42 Å². The van der Waals surface area contributed by atoms with Crippen LogP contribution in [-0.4, -0.2) is 22.0 Å². The molecule has 0 fully saturated rings. The minimum absolute atomic E-state index is 0.670. The van der Waals surface area contributed by atoms with E-state index in [1.165, 1.54) is 11.3 Å². The van der Waals surface area contributed by atoms with Crippen LogP contribution in [0.2, 0.25) is 0 Å². The van der Waals surface area contributed by atoms with Crippen LogP contribution in [0.5, 0.6) is 0 Å². The van der Waals surface area contributed by atoms with Gasteiger partial charge in [-0.1, -0.05) is 6.92 Å². The minimum atomic E-state index is 0.670. The second kappa shape index (κ2) is 3.53. The smallest absolute Gasteiger partial charge is 0.224 e. The average molecular weight is 204 g/mol. The van der Waals surface area contributed by atoms with Crippen molar-refractivity contribution in [1.82, 2.24) is 15.0 Å². The maximum Gasteiger partial charge on any atom is 0.224 e. The Morgan fingerprint density at radius 1 is 1.27 bits per heavy atom. The fourth-order valence-corrected chi connectivity index (χ4v) is 1.97. The van der Waals surface area contributed by atoms with Crippen LogP contribution in [0.4, 0.5) is 5.95 Å². The molecule has 0 aliphatic carbocycles. The third-order valence-corrected chi connectivity index (χ3v) is 2.76. The molecule has 0 amide bonds. The molecule has 0 saturated carbocycles. The number of hydrogen-bond acceptors (Lipinski definition) is 3. The van der Waals surface area contributed by atoms with Gasteiger partial charge in [-0.25, -0.2) is 4.98 Å². The molecule has 0 aliphatic rings. The molecule has 4 heteroatoms. The first-order valence-electron chi connectivity index (χ1n) is 5.21. The molecule has 0 aromatic carbocycles. The quantitative estimate of drug-likeness (QED) is 0.788. The zero-order valence-corrected chi connectivity index (χ0v) is 9.60. The molecule has 0 spiro atoms. The second-order valence-electron chi connectivity index (χ2n) is 3.69. The first kappa shape index (κ1) is 9.96. The van der Waals surface area contributed by atoms with Crippen molar-refractivity contribution in [2.75, 3.05) is 12.4 Å². The highest BCUT2D eigenvalue weighted by Crippen LogP contribution is 2.23. The van der Waals surface area contributed by atoms with E-state index in [0.29, 0.717) is 5.95 Å². The summed E-state index contributed by atoms with van der Waals surface area (Å²) in [6.45, 7) is 6.28. The molecule has 15 heavy (non-hydrogen) atoms. The summed E-state index contributed by atoms with van der Waals surface area (Å²) in [6, 6.07) is 0. The third-order valence-electron chi connectivity index (χ3n) is 2.76. The van der Waals surface area contributed by atoms with Crippen LogP contribution in [0, 0.1) is 13.8 Å². The van der Waals surface area contributed by atoms with Crippen LogP contribution in [0.25, 0.3) is 11.0 Å². The summed E-state index contributed by atoms with van der Waals surface area (Å²) in [4.78, 5) is 12.1. The van der Waals surface area contributed by atoms with Gasteiger partial charge in [0, 0.05) is 18.1 Å². The molecule has 0 saturated heterocycles. The van der Waals surface area contributed by atoms with Crippen molar-refractivity contribution in [2.24, 2.45) is 0 Å². The Bertz CT molecular complexity index is 499. The van der Waals surface area contributed by atoms with E-state index in [-0.39, 0.29) is 0 Å². The Balaban J connectivity index is 2.77. The van der Waals surface area contributed by atoms with E-state index in [1.54, 1.807) is 0 Å². The molecule has 2 aromatic rings. The van der Waals surface area contributed by atoms with E-state index in [2.05, 4.69) is 34.1 Å². The fourth-order valence-electron chi connectivity index (χ4n) is 1.97. The number of hydrogen-bond donors (Lipinski definition) is 2. The van der Waals surface area contributed by atoms with Gasteiger partial charge in [-0.15, -0.1) is 0 Å². The van der Waals surface area contributed by atoms with Crippen molar-refractivity contribution in [1.29, 1.82) is 0 Å². The van der Waals surface area contributed by atoms with Gasteiger partial charge in [-0.2, -0.15) is 4.98 Å². The van der Waals surface area contributed by atoms with E-state index in [0.717, 1.165) is 23.1 Å². The van der Waals surface area contributed by atoms with Crippen molar-refractivity contribution < 1.29 is 0 Å². The average Bonchev–Trinajstić information content (AvgIpc) is 2.55. The molecular weight excluding hydrogens is 188 g/mol. The normalized spacial score (nSPS) is 10.9. The summed E-state index contributed by atoms with van der Waals surface area (Å²) in [5.74, 6) is 0.670. The molecule has 2 N–H and O–H groups in total. The lowest BCUT2D eigenvalue weighted by Gasteiger charge is -2.01. The Hall–Kier alpha value is -1.58. The van der Waals surface area contributed by atoms with Crippen LogP contribution in [0.15, 0.2) is 0 Å². The first-order chi connectivity index (χ1) is 7.17. The maximum absolute atomic E-state index is 4.41. The molecule has 0 atom stereocenters. The zero-order valence-electron chi connectivity index (χ0n) is 9.60. The Morgan fingerprint density at radius 2 is 2.00 bits per heavy atom. The van der Waals surface area contributed by atoms with Gasteiger partial charge in [0.15, 0.2) is 0 Å². The monoisotopic (exact) mass is 204 g/mol. The lowest BCUT2D eigenvalue weighted by atomic mass is 10.1. The van der Waals surface area contributed by atoms with Crippen molar-refractivity contribution in [3.8, 4) is 0 Å². The molecule has 0 bridgehead atoms. The highest BCUT2D eigenvalue weighted by atomic mass is 15.1. The standard InChI is InChI=1S/C11H16N4/c1-5-8-6(2)9-7(3)13-11(12-4)15-10(9)14-8/h5H2,1-4H3,(H2,12,13,14,15). The topological polar surface area (TPSA) is 53.6 Å². The third kappa shape index (κ3) is 1.46. The number of anilines is 1. The van der Waals surface area contributed by atoms with Crippen LogP contribution in [0.3, 0.4) is 0 Å². The second-order valence-corrected chi connectivity index (χ2v) is 3.69.